The minimum absolute atomic E-state index is 0.0624. The van der Waals surface area contributed by atoms with E-state index in [2.05, 4.69) is 15.5 Å². The number of nitrogens with zero attached hydrogens (tertiary/aromatic N) is 3. The largest absolute Gasteiger partial charge is 0.467 e. The lowest BCUT2D eigenvalue weighted by Crippen LogP contribution is -2.19. The molecule has 0 radical (unpaired) electrons. The van der Waals surface area contributed by atoms with Crippen molar-refractivity contribution < 1.29 is 18.8 Å². The molecule has 0 aliphatic heterocycles. The molecule has 0 saturated carbocycles. The zero-order chi connectivity index (χ0) is 23.4. The Labute approximate surface area is 198 Å². The molecule has 3 aromatic heterocycles. The molecule has 0 bridgehead atoms. The van der Waals surface area contributed by atoms with Gasteiger partial charge in [0.05, 0.1) is 24.1 Å². The Morgan fingerprint density at radius 3 is 2.76 bits per heavy atom. The normalized spacial score (nSPS) is 13.0. The fraction of sp³-hybridized carbons (Fsp3) is 0.381. The lowest BCUT2D eigenvalue weighted by molar-refractivity contribution is -0.118. The maximum atomic E-state index is 12.7. The number of hydrogen-bond acceptors (Lipinski definition) is 8. The van der Waals surface area contributed by atoms with Gasteiger partial charge in [-0.2, -0.15) is 0 Å². The number of nitrogens with two attached hydrogens (primary N) is 2. The van der Waals surface area contributed by atoms with Gasteiger partial charge in [0, 0.05) is 17.7 Å². The predicted molar refractivity (Wildman–Crippen MR) is 124 cm³/mol. The second-order valence-electron chi connectivity index (χ2n) is 7.65. The van der Waals surface area contributed by atoms with Crippen LogP contribution in [0.4, 0.5) is 5.00 Å². The third kappa shape index (κ3) is 5.45. The van der Waals surface area contributed by atoms with E-state index >= 15 is 0 Å². The Kier molecular flexibility index (Phi) is 7.14. The smallest absolute Gasteiger partial charge is 0.251 e. The fourth-order valence-corrected chi connectivity index (χ4v) is 5.84. The summed E-state index contributed by atoms with van der Waals surface area (Å²) in [6, 6.07) is 3.60. The molecule has 0 fully saturated rings. The molecule has 3 aromatic rings. The molecule has 12 heteroatoms. The first kappa shape index (κ1) is 23.1. The molecule has 0 spiro atoms. The number of nitrogens with one attached hydrogen (secondary N) is 1. The molecular formula is C21H24N6O4S2. The summed E-state index contributed by atoms with van der Waals surface area (Å²) in [6.07, 6.45) is 5.82. The van der Waals surface area contributed by atoms with Gasteiger partial charge in [0.2, 0.25) is 11.8 Å². The van der Waals surface area contributed by atoms with Crippen molar-refractivity contribution in [2.45, 2.75) is 50.2 Å². The van der Waals surface area contributed by atoms with E-state index < -0.39 is 11.8 Å². The van der Waals surface area contributed by atoms with Gasteiger partial charge in [0.15, 0.2) is 5.16 Å². The molecule has 5 N–H and O–H groups in total. The highest BCUT2D eigenvalue weighted by molar-refractivity contribution is 7.99. The quantitative estimate of drug-likeness (QED) is 0.368. The van der Waals surface area contributed by atoms with E-state index in [9.17, 15) is 14.4 Å². The summed E-state index contributed by atoms with van der Waals surface area (Å²) in [5.41, 5.74) is 12.3. The van der Waals surface area contributed by atoms with Gasteiger partial charge in [0.1, 0.15) is 16.6 Å². The summed E-state index contributed by atoms with van der Waals surface area (Å²) in [4.78, 5) is 37.1. The highest BCUT2D eigenvalue weighted by Gasteiger charge is 2.25. The first-order valence-electron chi connectivity index (χ1n) is 10.5. The van der Waals surface area contributed by atoms with E-state index in [1.807, 2.05) is 6.07 Å². The summed E-state index contributed by atoms with van der Waals surface area (Å²) in [6.45, 7) is 0.363. The van der Waals surface area contributed by atoms with Crippen molar-refractivity contribution in [2.24, 2.45) is 11.5 Å². The van der Waals surface area contributed by atoms with Crippen LogP contribution in [0.15, 0.2) is 28.0 Å². The van der Waals surface area contributed by atoms with Crippen LogP contribution >= 0.6 is 23.1 Å². The molecule has 1 aliphatic carbocycles. The van der Waals surface area contributed by atoms with Gasteiger partial charge in [-0.15, -0.1) is 21.5 Å². The second kappa shape index (κ2) is 10.2. The Hall–Kier alpha value is -3.12. The number of carbonyl (C=O) groups is 3. The highest BCUT2D eigenvalue weighted by atomic mass is 32.2. The summed E-state index contributed by atoms with van der Waals surface area (Å²) >= 11 is 2.64. The molecule has 0 atom stereocenters. The number of rotatable bonds is 10. The first-order valence-corrected chi connectivity index (χ1v) is 12.3. The van der Waals surface area contributed by atoms with Crippen LogP contribution in [0.2, 0.25) is 0 Å². The van der Waals surface area contributed by atoms with Gasteiger partial charge in [-0.1, -0.05) is 11.8 Å². The van der Waals surface area contributed by atoms with Crippen LogP contribution in [-0.2, 0) is 35.4 Å². The van der Waals surface area contributed by atoms with Crippen LogP contribution in [-0.4, -0.2) is 38.2 Å². The van der Waals surface area contributed by atoms with Gasteiger partial charge < -0.3 is 21.2 Å². The molecule has 0 aromatic carbocycles. The van der Waals surface area contributed by atoms with E-state index in [-0.39, 0.29) is 18.1 Å². The Morgan fingerprint density at radius 2 is 2.03 bits per heavy atom. The molecular weight excluding hydrogens is 464 g/mol. The average Bonchev–Trinajstić information content (AvgIpc) is 3.50. The second-order valence-corrected chi connectivity index (χ2v) is 9.69. The molecule has 4 rings (SSSR count). The van der Waals surface area contributed by atoms with Gasteiger partial charge in [0.25, 0.3) is 5.91 Å². The van der Waals surface area contributed by atoms with Crippen molar-refractivity contribution in [2.75, 3.05) is 11.1 Å². The lowest BCUT2D eigenvalue weighted by Gasteiger charge is -2.11. The van der Waals surface area contributed by atoms with Gasteiger partial charge in [-0.05, 0) is 43.4 Å². The number of hydrogen-bond donors (Lipinski definition) is 3. The zero-order valence-corrected chi connectivity index (χ0v) is 19.5. The summed E-state index contributed by atoms with van der Waals surface area (Å²) in [7, 11) is 0. The minimum atomic E-state index is -0.519. The van der Waals surface area contributed by atoms with E-state index in [0.717, 1.165) is 36.1 Å². The molecule has 0 saturated heterocycles. The monoisotopic (exact) mass is 488 g/mol. The molecule has 10 nitrogen and oxygen atoms in total. The lowest BCUT2D eigenvalue weighted by atomic mass is 9.95. The molecule has 174 valence electrons. The third-order valence-corrected chi connectivity index (χ3v) is 7.46. The number of amides is 3. The average molecular weight is 489 g/mol. The summed E-state index contributed by atoms with van der Waals surface area (Å²) in [5.74, 6) is 0.112. The van der Waals surface area contributed by atoms with Crippen molar-refractivity contribution in [3.63, 3.8) is 0 Å². The van der Waals surface area contributed by atoms with Crippen molar-refractivity contribution in [3.8, 4) is 0 Å². The third-order valence-electron chi connectivity index (χ3n) is 5.29. The number of furan rings is 1. The number of aromatic nitrogens is 3. The Balaban J connectivity index is 1.46. The van der Waals surface area contributed by atoms with E-state index in [0.29, 0.717) is 40.3 Å². The van der Waals surface area contributed by atoms with E-state index in [4.69, 9.17) is 15.9 Å². The van der Waals surface area contributed by atoms with Crippen LogP contribution in [0, 0.1) is 0 Å². The van der Waals surface area contributed by atoms with E-state index in [1.54, 1.807) is 16.9 Å². The van der Waals surface area contributed by atoms with Crippen LogP contribution in [0.3, 0.4) is 0 Å². The number of anilines is 1. The summed E-state index contributed by atoms with van der Waals surface area (Å²) < 4.78 is 7.23. The number of aryl methyl sites for hydroxylation is 2. The van der Waals surface area contributed by atoms with Crippen LogP contribution < -0.4 is 16.8 Å². The van der Waals surface area contributed by atoms with E-state index in [1.165, 1.54) is 23.1 Å². The molecule has 0 unspecified atom stereocenters. The number of fused-ring (bicyclic) bond motifs is 1. The van der Waals surface area contributed by atoms with Crippen LogP contribution in [0.5, 0.6) is 0 Å². The minimum Gasteiger partial charge on any atom is -0.467 e. The molecule has 3 heterocycles. The van der Waals surface area contributed by atoms with Crippen LogP contribution in [0.25, 0.3) is 0 Å². The molecule has 1 aliphatic rings. The van der Waals surface area contributed by atoms with Crippen LogP contribution in [0.1, 0.15) is 51.6 Å². The van der Waals surface area contributed by atoms with Crippen molar-refractivity contribution in [3.05, 3.63) is 46.0 Å². The van der Waals surface area contributed by atoms with Crippen molar-refractivity contribution in [1.82, 2.24) is 14.8 Å². The fourth-order valence-electron chi connectivity index (χ4n) is 3.77. The maximum absolute atomic E-state index is 12.7. The first-order chi connectivity index (χ1) is 15.9. The standard InChI is InChI=1S/C21H24N6O4S2/c22-15(28)7-8-16-25-26-21(27(16)10-12-4-3-9-31-12)32-11-17(29)24-20-18(19(23)30)13-5-1-2-6-14(13)33-20/h3-4,9H,1-2,5-8,10-11H2,(H2,22,28)(H2,23,30)(H,24,29). The number of carbonyl (C=O) groups excluding carboxylic acids is 3. The van der Waals surface area contributed by atoms with Crippen molar-refractivity contribution in [1.29, 1.82) is 0 Å². The SMILES string of the molecule is NC(=O)CCc1nnc(SCC(=O)Nc2sc3c(c2C(N)=O)CCCC3)n1Cc1ccco1. The summed E-state index contributed by atoms with van der Waals surface area (Å²) in [5, 5.41) is 12.2. The Morgan fingerprint density at radius 1 is 1.21 bits per heavy atom. The molecule has 33 heavy (non-hydrogen) atoms. The number of primary amides is 2. The van der Waals surface area contributed by atoms with Gasteiger partial charge in [-0.25, -0.2) is 0 Å². The molecule has 3 amide bonds. The zero-order valence-electron chi connectivity index (χ0n) is 17.8. The maximum Gasteiger partial charge on any atom is 0.251 e. The topological polar surface area (TPSA) is 159 Å². The van der Waals surface area contributed by atoms with Gasteiger partial charge in [-0.3, -0.25) is 19.0 Å². The highest BCUT2D eigenvalue weighted by Crippen LogP contribution is 2.38. The van der Waals surface area contributed by atoms with Crippen molar-refractivity contribution >= 4 is 45.8 Å². The predicted octanol–water partition coefficient (Wildman–Crippen LogP) is 2.11. The number of thioether (sulfide) groups is 1. The number of thiophene rings is 1. The van der Waals surface area contributed by atoms with Gasteiger partial charge >= 0.3 is 0 Å². The Bertz CT molecular complexity index is 1170.